The first-order valence-electron chi connectivity index (χ1n) is 9.67. The van der Waals surface area contributed by atoms with Crippen molar-refractivity contribution in [3.63, 3.8) is 0 Å². The van der Waals surface area contributed by atoms with Crippen molar-refractivity contribution in [3.05, 3.63) is 35.9 Å². The number of imide groups is 1. The highest BCUT2D eigenvalue weighted by molar-refractivity contribution is 5.94. The Balaban J connectivity index is 3.16. The molecule has 1 aromatic rings. The zero-order chi connectivity index (χ0) is 22.9. The topological polar surface area (TPSA) is 106 Å². The minimum atomic E-state index is -1.36. The van der Waals surface area contributed by atoms with E-state index in [1.807, 2.05) is 12.1 Å². The highest BCUT2D eigenvalue weighted by Gasteiger charge is 2.40. The summed E-state index contributed by atoms with van der Waals surface area (Å²) >= 11 is 0. The summed E-state index contributed by atoms with van der Waals surface area (Å²) in [7, 11) is 0. The number of esters is 1. The van der Waals surface area contributed by atoms with Crippen molar-refractivity contribution in [1.29, 1.82) is 5.26 Å². The molecule has 0 aliphatic carbocycles. The van der Waals surface area contributed by atoms with Crippen LogP contribution >= 0.6 is 0 Å². The number of nitrogens with zero attached hydrogens (tertiary/aromatic N) is 2. The number of amides is 2. The van der Waals surface area contributed by atoms with Gasteiger partial charge >= 0.3 is 18.2 Å². The predicted octanol–water partition coefficient (Wildman–Crippen LogP) is 4.57. The number of hydrogen-bond acceptors (Lipinski definition) is 7. The molecule has 0 unspecified atom stereocenters. The fourth-order valence-corrected chi connectivity index (χ4v) is 2.33. The van der Waals surface area contributed by atoms with Gasteiger partial charge in [-0.3, -0.25) is 0 Å². The molecule has 0 aliphatic heterocycles. The number of carbonyl (C=O) groups excluding carboxylic acids is 3. The molecule has 0 aliphatic rings. The largest absolute Gasteiger partial charge is 0.459 e. The Morgan fingerprint density at radius 1 is 0.967 bits per heavy atom. The van der Waals surface area contributed by atoms with E-state index < -0.39 is 35.4 Å². The van der Waals surface area contributed by atoms with Crippen molar-refractivity contribution in [2.45, 2.75) is 78.2 Å². The molecule has 1 rings (SSSR count). The van der Waals surface area contributed by atoms with Crippen LogP contribution < -0.4 is 0 Å². The Morgan fingerprint density at radius 2 is 1.47 bits per heavy atom. The van der Waals surface area contributed by atoms with Crippen molar-refractivity contribution in [3.8, 4) is 6.07 Å². The first-order chi connectivity index (χ1) is 13.8. The molecular formula is C22H30N2O6. The second-order valence-electron chi connectivity index (χ2n) is 8.64. The van der Waals surface area contributed by atoms with E-state index in [9.17, 15) is 14.4 Å². The first-order valence-corrected chi connectivity index (χ1v) is 9.67. The molecule has 164 valence electrons. The first kappa shape index (κ1) is 25.0. The van der Waals surface area contributed by atoms with Crippen LogP contribution in [0.4, 0.5) is 9.59 Å². The number of benzene rings is 1. The number of hydrogen-bond donors (Lipinski definition) is 0. The minimum Gasteiger partial charge on any atom is -0.459 e. The van der Waals surface area contributed by atoms with Crippen molar-refractivity contribution >= 4 is 18.2 Å². The molecule has 2 amide bonds. The fraction of sp³-hybridized carbons (Fsp3) is 0.545. The molecule has 0 N–H and O–H groups in total. The number of rotatable bonds is 6. The lowest BCUT2D eigenvalue weighted by Crippen LogP contribution is -2.52. The van der Waals surface area contributed by atoms with Crippen LogP contribution in [0.25, 0.3) is 0 Å². The van der Waals surface area contributed by atoms with Crippen LogP contribution in [0, 0.1) is 11.3 Å². The summed E-state index contributed by atoms with van der Waals surface area (Å²) in [4.78, 5) is 39.0. The molecule has 1 atom stereocenters. The summed E-state index contributed by atoms with van der Waals surface area (Å²) in [5.74, 6) is -0.828. The van der Waals surface area contributed by atoms with Gasteiger partial charge in [0, 0.05) is 6.42 Å². The van der Waals surface area contributed by atoms with Crippen molar-refractivity contribution in [1.82, 2.24) is 4.90 Å². The Labute approximate surface area is 177 Å². The molecule has 0 fully saturated rings. The summed E-state index contributed by atoms with van der Waals surface area (Å²) in [6.45, 7) is 9.77. The van der Waals surface area contributed by atoms with Gasteiger partial charge < -0.3 is 14.2 Å². The fourth-order valence-electron chi connectivity index (χ4n) is 2.33. The molecule has 8 nitrogen and oxygen atoms in total. The van der Waals surface area contributed by atoms with E-state index in [2.05, 4.69) is 0 Å². The third-order valence-corrected chi connectivity index (χ3v) is 3.52. The maximum Gasteiger partial charge on any atom is 0.420 e. The Morgan fingerprint density at radius 3 is 1.90 bits per heavy atom. The average molecular weight is 418 g/mol. The Kier molecular flexibility index (Phi) is 8.84. The van der Waals surface area contributed by atoms with Gasteiger partial charge in [-0.15, -0.1) is 0 Å². The highest BCUT2D eigenvalue weighted by Crippen LogP contribution is 2.20. The molecule has 0 radical (unpaired) electrons. The van der Waals surface area contributed by atoms with Crippen molar-refractivity contribution < 1.29 is 28.6 Å². The van der Waals surface area contributed by atoms with Gasteiger partial charge in [0.25, 0.3) is 0 Å². The zero-order valence-corrected chi connectivity index (χ0v) is 18.4. The lowest BCUT2D eigenvalue weighted by Gasteiger charge is -2.32. The van der Waals surface area contributed by atoms with Crippen LogP contribution in [-0.4, -0.2) is 40.3 Å². The summed E-state index contributed by atoms with van der Waals surface area (Å²) in [5.41, 5.74) is -1.08. The maximum atomic E-state index is 12.8. The quantitative estimate of drug-likeness (QED) is 0.492. The molecule has 0 bridgehead atoms. The van der Waals surface area contributed by atoms with Gasteiger partial charge in [-0.25, -0.2) is 14.4 Å². The lowest BCUT2D eigenvalue weighted by molar-refractivity contribution is -0.151. The van der Waals surface area contributed by atoms with E-state index in [0.717, 1.165) is 5.56 Å². The summed E-state index contributed by atoms with van der Waals surface area (Å²) in [6.07, 6.45) is -2.27. The van der Waals surface area contributed by atoms with Gasteiger partial charge in [0.2, 0.25) is 0 Å². The normalized spacial score (nSPS) is 12.3. The minimum absolute atomic E-state index is 0.0425. The van der Waals surface area contributed by atoms with Gasteiger partial charge in [0.15, 0.2) is 0 Å². The molecule has 0 saturated carbocycles. The van der Waals surface area contributed by atoms with Crippen LogP contribution in [0.3, 0.4) is 0 Å². The average Bonchev–Trinajstić information content (AvgIpc) is 2.60. The van der Waals surface area contributed by atoms with Crippen molar-refractivity contribution in [2.75, 3.05) is 0 Å². The molecule has 0 spiro atoms. The second-order valence-corrected chi connectivity index (χ2v) is 8.64. The van der Waals surface area contributed by atoms with Gasteiger partial charge in [-0.2, -0.15) is 10.2 Å². The second kappa shape index (κ2) is 10.6. The van der Waals surface area contributed by atoms with Crippen LogP contribution in [0.2, 0.25) is 0 Å². The molecule has 30 heavy (non-hydrogen) atoms. The maximum absolute atomic E-state index is 12.8. The Hall–Kier alpha value is -3.08. The van der Waals surface area contributed by atoms with E-state index in [0.29, 0.717) is 4.90 Å². The third kappa shape index (κ3) is 8.95. The summed E-state index contributed by atoms with van der Waals surface area (Å²) in [5, 5.41) is 8.98. The number of nitriles is 1. The highest BCUT2D eigenvalue weighted by atomic mass is 16.6. The van der Waals surface area contributed by atoms with E-state index in [-0.39, 0.29) is 19.4 Å². The monoisotopic (exact) mass is 418 g/mol. The summed E-state index contributed by atoms with van der Waals surface area (Å²) < 4.78 is 15.9. The van der Waals surface area contributed by atoms with Crippen LogP contribution in [-0.2, 0) is 25.6 Å². The van der Waals surface area contributed by atoms with Gasteiger partial charge in [0.05, 0.1) is 6.07 Å². The number of carbonyl (C=O) groups is 3. The zero-order valence-electron chi connectivity index (χ0n) is 18.4. The van der Waals surface area contributed by atoms with Gasteiger partial charge in [0.1, 0.15) is 23.9 Å². The van der Waals surface area contributed by atoms with E-state index in [4.69, 9.17) is 19.5 Å². The van der Waals surface area contributed by atoms with Crippen LogP contribution in [0.5, 0.6) is 0 Å². The lowest BCUT2D eigenvalue weighted by atomic mass is 10.1. The number of ether oxygens (including phenoxy) is 3. The van der Waals surface area contributed by atoms with E-state index >= 15 is 0 Å². The van der Waals surface area contributed by atoms with E-state index in [1.165, 1.54) is 0 Å². The molecule has 0 saturated heterocycles. The van der Waals surface area contributed by atoms with Crippen molar-refractivity contribution in [2.24, 2.45) is 0 Å². The molecule has 1 aromatic carbocycles. The molecule has 0 heterocycles. The summed E-state index contributed by atoms with van der Waals surface area (Å²) in [6, 6.07) is 9.52. The smallest absolute Gasteiger partial charge is 0.420 e. The van der Waals surface area contributed by atoms with Gasteiger partial charge in [-0.1, -0.05) is 30.3 Å². The molecule has 0 aromatic heterocycles. The third-order valence-electron chi connectivity index (χ3n) is 3.52. The van der Waals surface area contributed by atoms with Crippen LogP contribution in [0.15, 0.2) is 30.3 Å². The SMILES string of the molecule is CC(C)(C)OC(=O)N(C(=O)OC(C)(C)C)[C@@H](CCC#N)C(=O)OCc1ccccc1. The Bertz CT molecular complexity index is 744. The molecular weight excluding hydrogens is 388 g/mol. The van der Waals surface area contributed by atoms with E-state index in [1.54, 1.807) is 65.8 Å². The molecule has 8 heteroatoms. The van der Waals surface area contributed by atoms with Gasteiger partial charge in [-0.05, 0) is 53.5 Å². The predicted molar refractivity (Wildman–Crippen MR) is 109 cm³/mol. The standard InChI is InChI=1S/C22H30N2O6/c1-21(2,3)29-19(26)24(20(27)30-22(4,5)6)17(13-10-14-23)18(25)28-15-16-11-8-7-9-12-16/h7-9,11-12,17H,10,13,15H2,1-6H3/t17-/m0/s1. The van der Waals surface area contributed by atoms with Crippen LogP contribution in [0.1, 0.15) is 59.9 Å².